The second kappa shape index (κ2) is 9.95. The molecule has 2 aromatic heterocycles. The van der Waals surface area contributed by atoms with Crippen LogP contribution in [0.3, 0.4) is 0 Å². The van der Waals surface area contributed by atoms with E-state index in [9.17, 15) is 10.1 Å². The Morgan fingerprint density at radius 2 is 1.58 bits per heavy atom. The van der Waals surface area contributed by atoms with Gasteiger partial charge in [-0.3, -0.25) is 14.8 Å². The van der Waals surface area contributed by atoms with Crippen molar-refractivity contribution in [1.82, 2.24) is 9.97 Å². The highest BCUT2D eigenvalue weighted by atomic mass is 16.1. The predicted octanol–water partition coefficient (Wildman–Crippen LogP) is 6.55. The smallest absolute Gasteiger partial charge is 0.255 e. The van der Waals surface area contributed by atoms with Gasteiger partial charge in [-0.05, 0) is 79.2 Å². The molecule has 0 saturated heterocycles. The third-order valence-electron chi connectivity index (χ3n) is 5.82. The number of amides is 1. The van der Waals surface area contributed by atoms with Gasteiger partial charge in [-0.25, -0.2) is 0 Å². The van der Waals surface area contributed by atoms with E-state index in [1.807, 2.05) is 61.5 Å². The van der Waals surface area contributed by atoms with Crippen molar-refractivity contribution in [3.8, 4) is 6.07 Å². The Morgan fingerprint density at radius 1 is 0.806 bits per heavy atom. The predicted molar refractivity (Wildman–Crippen MR) is 143 cm³/mol. The SMILES string of the molecule is Cc1c(NC(=O)c2cccc(Nc3ccnc4ccc(C#N)cc34)c2)cccc1Nc1ccncc1. The van der Waals surface area contributed by atoms with E-state index in [1.54, 1.807) is 42.9 Å². The number of carbonyl (C=O) groups excluding carboxylic acids is 1. The van der Waals surface area contributed by atoms with Crippen LogP contribution in [0.25, 0.3) is 10.9 Å². The van der Waals surface area contributed by atoms with Crippen LogP contribution in [0.1, 0.15) is 21.5 Å². The summed E-state index contributed by atoms with van der Waals surface area (Å²) in [6.45, 7) is 1.96. The number of aromatic nitrogens is 2. The van der Waals surface area contributed by atoms with Crippen LogP contribution >= 0.6 is 0 Å². The number of benzene rings is 3. The molecular formula is C29H22N6O. The highest BCUT2D eigenvalue weighted by Gasteiger charge is 2.11. The molecule has 0 fully saturated rings. The number of fused-ring (bicyclic) bond motifs is 1. The molecule has 5 rings (SSSR count). The van der Waals surface area contributed by atoms with Gasteiger partial charge in [-0.15, -0.1) is 0 Å². The molecule has 0 saturated carbocycles. The molecule has 0 aliphatic rings. The first kappa shape index (κ1) is 22.6. The van der Waals surface area contributed by atoms with Crippen molar-refractivity contribution < 1.29 is 4.79 Å². The first-order valence-corrected chi connectivity index (χ1v) is 11.3. The van der Waals surface area contributed by atoms with Gasteiger partial charge in [0.2, 0.25) is 0 Å². The van der Waals surface area contributed by atoms with Crippen LogP contribution < -0.4 is 16.0 Å². The summed E-state index contributed by atoms with van der Waals surface area (Å²) in [5.41, 5.74) is 6.88. The minimum absolute atomic E-state index is 0.214. The normalized spacial score (nSPS) is 10.4. The molecule has 0 radical (unpaired) electrons. The Labute approximate surface area is 208 Å². The first-order valence-electron chi connectivity index (χ1n) is 11.3. The molecule has 0 aliphatic heterocycles. The van der Waals surface area contributed by atoms with E-state index in [0.717, 1.165) is 44.9 Å². The number of carbonyl (C=O) groups is 1. The quantitative estimate of drug-likeness (QED) is 0.260. The van der Waals surface area contributed by atoms with E-state index >= 15 is 0 Å². The Balaban J connectivity index is 1.36. The first-order chi connectivity index (χ1) is 17.6. The number of hydrogen-bond donors (Lipinski definition) is 3. The lowest BCUT2D eigenvalue weighted by Gasteiger charge is -2.15. The third-order valence-corrected chi connectivity index (χ3v) is 5.82. The van der Waals surface area contributed by atoms with Crippen LogP contribution in [0.2, 0.25) is 0 Å². The lowest BCUT2D eigenvalue weighted by atomic mass is 10.1. The molecule has 174 valence electrons. The van der Waals surface area contributed by atoms with E-state index in [1.165, 1.54) is 0 Å². The molecule has 0 bridgehead atoms. The van der Waals surface area contributed by atoms with Gasteiger partial charge in [0.1, 0.15) is 0 Å². The number of anilines is 5. The summed E-state index contributed by atoms with van der Waals surface area (Å²) in [5, 5.41) is 19.8. The van der Waals surface area contributed by atoms with Crippen molar-refractivity contribution in [3.63, 3.8) is 0 Å². The zero-order valence-electron chi connectivity index (χ0n) is 19.5. The fourth-order valence-electron chi connectivity index (χ4n) is 3.91. The number of hydrogen-bond acceptors (Lipinski definition) is 6. The minimum atomic E-state index is -0.214. The fourth-order valence-corrected chi connectivity index (χ4v) is 3.91. The Bertz CT molecular complexity index is 1610. The van der Waals surface area contributed by atoms with Crippen LogP contribution in [-0.4, -0.2) is 15.9 Å². The van der Waals surface area contributed by atoms with Crippen LogP contribution in [-0.2, 0) is 0 Å². The summed E-state index contributed by atoms with van der Waals surface area (Å²) in [6, 6.07) is 26.2. The lowest BCUT2D eigenvalue weighted by molar-refractivity contribution is 0.102. The zero-order chi connectivity index (χ0) is 24.9. The number of pyridine rings is 2. The van der Waals surface area contributed by atoms with Gasteiger partial charge in [0.15, 0.2) is 0 Å². The molecule has 0 spiro atoms. The number of nitrogens with zero attached hydrogens (tertiary/aromatic N) is 3. The highest BCUT2D eigenvalue weighted by molar-refractivity contribution is 6.06. The maximum absolute atomic E-state index is 13.1. The molecule has 7 nitrogen and oxygen atoms in total. The molecule has 3 N–H and O–H groups in total. The Hall–Kier alpha value is -5.22. The summed E-state index contributed by atoms with van der Waals surface area (Å²) < 4.78 is 0. The van der Waals surface area contributed by atoms with Crippen molar-refractivity contribution in [3.05, 3.63) is 114 Å². The molecule has 5 aromatic rings. The van der Waals surface area contributed by atoms with Gasteiger partial charge >= 0.3 is 0 Å². The molecule has 36 heavy (non-hydrogen) atoms. The van der Waals surface area contributed by atoms with Crippen molar-refractivity contribution in [2.75, 3.05) is 16.0 Å². The summed E-state index contributed by atoms with van der Waals surface area (Å²) in [5.74, 6) is -0.214. The maximum atomic E-state index is 13.1. The average Bonchev–Trinajstić information content (AvgIpc) is 2.91. The largest absolute Gasteiger partial charge is 0.355 e. The van der Waals surface area contributed by atoms with E-state index in [-0.39, 0.29) is 5.91 Å². The molecule has 1 amide bonds. The monoisotopic (exact) mass is 470 g/mol. The van der Waals surface area contributed by atoms with Crippen LogP contribution in [0, 0.1) is 18.3 Å². The van der Waals surface area contributed by atoms with Gasteiger partial charge in [-0.2, -0.15) is 5.26 Å². The van der Waals surface area contributed by atoms with Crippen LogP contribution in [0.15, 0.2) is 97.5 Å². The van der Waals surface area contributed by atoms with Gasteiger partial charge in [0, 0.05) is 58.0 Å². The lowest BCUT2D eigenvalue weighted by Crippen LogP contribution is -2.13. The van der Waals surface area contributed by atoms with Crippen molar-refractivity contribution in [2.45, 2.75) is 6.92 Å². The van der Waals surface area contributed by atoms with Gasteiger partial charge in [-0.1, -0.05) is 12.1 Å². The zero-order valence-corrected chi connectivity index (χ0v) is 19.5. The summed E-state index contributed by atoms with van der Waals surface area (Å²) in [4.78, 5) is 21.5. The van der Waals surface area contributed by atoms with Crippen molar-refractivity contribution in [2.24, 2.45) is 0 Å². The van der Waals surface area contributed by atoms with Crippen molar-refractivity contribution in [1.29, 1.82) is 5.26 Å². The van der Waals surface area contributed by atoms with Crippen LogP contribution in [0.4, 0.5) is 28.4 Å². The second-order valence-corrected chi connectivity index (χ2v) is 8.20. The van der Waals surface area contributed by atoms with Gasteiger partial charge < -0.3 is 16.0 Å². The molecular weight excluding hydrogens is 448 g/mol. The van der Waals surface area contributed by atoms with E-state index < -0.39 is 0 Å². The van der Waals surface area contributed by atoms with Gasteiger partial charge in [0.25, 0.3) is 5.91 Å². The molecule has 7 heteroatoms. The maximum Gasteiger partial charge on any atom is 0.255 e. The highest BCUT2D eigenvalue weighted by Crippen LogP contribution is 2.28. The standard InChI is InChI=1S/C29H22N6O/c1-19-25(33-22-10-13-31-14-11-22)6-3-7-26(19)35-29(36)21-4-2-5-23(17-21)34-28-12-15-32-27-9-8-20(18-30)16-24(27)28/h2-17H,1H3,(H,31,33)(H,32,34)(H,35,36). The number of rotatable bonds is 6. The Morgan fingerprint density at radius 3 is 2.42 bits per heavy atom. The molecule has 0 unspecified atom stereocenters. The van der Waals surface area contributed by atoms with Crippen LogP contribution in [0.5, 0.6) is 0 Å². The third kappa shape index (κ3) is 4.83. The molecule has 2 heterocycles. The van der Waals surface area contributed by atoms with Gasteiger partial charge in [0.05, 0.1) is 17.1 Å². The van der Waals surface area contributed by atoms with E-state index in [4.69, 9.17) is 0 Å². The minimum Gasteiger partial charge on any atom is -0.355 e. The second-order valence-electron chi connectivity index (χ2n) is 8.20. The molecule has 3 aromatic carbocycles. The number of nitriles is 1. The van der Waals surface area contributed by atoms with Crippen molar-refractivity contribution >= 4 is 45.2 Å². The summed E-state index contributed by atoms with van der Waals surface area (Å²) in [6.07, 6.45) is 5.16. The molecule has 0 aliphatic carbocycles. The van der Waals surface area contributed by atoms with E-state index in [2.05, 4.69) is 32.0 Å². The topological polar surface area (TPSA) is 103 Å². The Kier molecular flexibility index (Phi) is 6.24. The summed E-state index contributed by atoms with van der Waals surface area (Å²) in [7, 11) is 0. The molecule has 0 atom stereocenters. The average molecular weight is 471 g/mol. The summed E-state index contributed by atoms with van der Waals surface area (Å²) >= 11 is 0. The number of nitrogens with one attached hydrogen (secondary N) is 3. The van der Waals surface area contributed by atoms with E-state index in [0.29, 0.717) is 11.1 Å². The fraction of sp³-hybridized carbons (Fsp3) is 0.0345.